The third kappa shape index (κ3) is 5.42. The zero-order valence-corrected chi connectivity index (χ0v) is 23.0. The fraction of sp³-hybridized carbons (Fsp3) is 0.452. The first-order valence-corrected chi connectivity index (χ1v) is 13.7. The fourth-order valence-electron chi connectivity index (χ4n) is 6.45. The first-order valence-electron chi connectivity index (χ1n) is 13.4. The van der Waals surface area contributed by atoms with Gasteiger partial charge in [0.15, 0.2) is 0 Å². The number of nitrogens with zero attached hydrogens (tertiary/aromatic N) is 2. The van der Waals surface area contributed by atoms with E-state index in [1.807, 2.05) is 19.2 Å². The van der Waals surface area contributed by atoms with Gasteiger partial charge in [-0.2, -0.15) is 0 Å². The molecule has 1 heterocycles. The van der Waals surface area contributed by atoms with Crippen molar-refractivity contribution in [1.29, 1.82) is 0 Å². The van der Waals surface area contributed by atoms with E-state index in [2.05, 4.69) is 4.98 Å². The maximum atomic E-state index is 14.0. The highest BCUT2D eigenvalue weighted by molar-refractivity contribution is 6.30. The van der Waals surface area contributed by atoms with Crippen molar-refractivity contribution in [3.05, 3.63) is 71.1 Å². The molecule has 0 bridgehead atoms. The summed E-state index contributed by atoms with van der Waals surface area (Å²) in [6.45, 7) is 7.29. The molecule has 2 aliphatic rings. The number of pyridine rings is 1. The number of hydrogen-bond donors (Lipinski definition) is 0. The van der Waals surface area contributed by atoms with E-state index in [-0.39, 0.29) is 23.6 Å². The lowest BCUT2D eigenvalue weighted by Crippen LogP contribution is -2.44. The molecule has 0 saturated heterocycles. The van der Waals surface area contributed by atoms with Crippen molar-refractivity contribution in [2.24, 2.45) is 23.7 Å². The zero-order valence-electron chi connectivity index (χ0n) is 22.3. The molecular formula is C31H34ClFN2O3. The average Bonchev–Trinajstić information content (AvgIpc) is 3.43. The molecule has 2 aliphatic carbocycles. The molecule has 0 N–H and O–H groups in total. The Balaban J connectivity index is 1.31. The number of aromatic nitrogens is 1. The molecule has 0 aliphatic heterocycles. The Morgan fingerprint density at radius 3 is 2.32 bits per heavy atom. The van der Waals surface area contributed by atoms with Crippen LogP contribution >= 0.6 is 11.6 Å². The first kappa shape index (κ1) is 26.6. The van der Waals surface area contributed by atoms with Crippen molar-refractivity contribution in [1.82, 2.24) is 4.98 Å². The Hall–Kier alpha value is -2.99. The average molecular weight is 537 g/mol. The largest absolute Gasteiger partial charge is 0.443 e. The van der Waals surface area contributed by atoms with E-state index >= 15 is 0 Å². The number of carbonyl (C=O) groups is 2. The second kappa shape index (κ2) is 10.3. The summed E-state index contributed by atoms with van der Waals surface area (Å²) in [5.41, 5.74) is 1.71. The van der Waals surface area contributed by atoms with Crippen LogP contribution in [-0.2, 0) is 9.53 Å². The van der Waals surface area contributed by atoms with E-state index in [9.17, 15) is 14.0 Å². The highest BCUT2D eigenvalue weighted by Crippen LogP contribution is 2.54. The van der Waals surface area contributed by atoms with Gasteiger partial charge in [0, 0.05) is 22.5 Å². The molecule has 0 spiro atoms. The third-order valence-corrected chi connectivity index (χ3v) is 8.46. The summed E-state index contributed by atoms with van der Waals surface area (Å²) >= 11 is 6.06. The van der Waals surface area contributed by atoms with Crippen LogP contribution < -0.4 is 4.90 Å². The van der Waals surface area contributed by atoms with E-state index in [1.54, 1.807) is 57.2 Å². The van der Waals surface area contributed by atoms with E-state index < -0.39 is 11.7 Å². The summed E-state index contributed by atoms with van der Waals surface area (Å²) < 4.78 is 19.6. The molecule has 7 heteroatoms. The van der Waals surface area contributed by atoms with Gasteiger partial charge in [-0.05, 0) is 124 Å². The van der Waals surface area contributed by atoms with Gasteiger partial charge in [-0.25, -0.2) is 14.1 Å². The van der Waals surface area contributed by atoms with E-state index in [4.69, 9.17) is 16.3 Å². The van der Waals surface area contributed by atoms with Gasteiger partial charge in [-0.15, -0.1) is 0 Å². The van der Waals surface area contributed by atoms with Crippen LogP contribution in [0, 0.1) is 29.5 Å². The standard InChI is InChI=1S/C31H34ClFN2O3/c1-18(29(36)35(30(37)38-31(2,3)4)25-8-5-23(32)6-9-25)19-13-20-15-22(16-21(20)14-19)26-11-12-34-28-10-7-24(33)17-27(26)28/h5-12,17-22H,13-16H2,1-4H3/t18?,19?,20-,21+,22?. The molecule has 2 fully saturated rings. The second-order valence-electron chi connectivity index (χ2n) is 11.9. The van der Waals surface area contributed by atoms with Gasteiger partial charge in [-0.1, -0.05) is 18.5 Å². The van der Waals surface area contributed by atoms with Crippen LogP contribution in [0.1, 0.15) is 64.9 Å². The summed E-state index contributed by atoms with van der Waals surface area (Å²) in [5, 5.41) is 1.43. The van der Waals surface area contributed by atoms with Crippen molar-refractivity contribution in [3.8, 4) is 0 Å². The maximum Gasteiger partial charge on any atom is 0.421 e. The molecule has 5 atom stereocenters. The Bertz CT molecular complexity index is 1340. The molecule has 2 saturated carbocycles. The van der Waals surface area contributed by atoms with Crippen molar-refractivity contribution in [2.75, 3.05) is 4.90 Å². The summed E-state index contributed by atoms with van der Waals surface area (Å²) in [6, 6.07) is 13.5. The van der Waals surface area contributed by atoms with Crippen LogP contribution in [0.4, 0.5) is 14.9 Å². The molecule has 3 aromatic rings. The van der Waals surface area contributed by atoms with Crippen molar-refractivity contribution in [3.63, 3.8) is 0 Å². The highest BCUT2D eigenvalue weighted by atomic mass is 35.5. The van der Waals surface area contributed by atoms with Crippen LogP contribution in [0.3, 0.4) is 0 Å². The number of halogens is 2. The monoisotopic (exact) mass is 536 g/mol. The minimum atomic E-state index is -0.731. The SMILES string of the molecule is CC(C(=O)N(C(=O)OC(C)(C)C)c1ccc(Cl)cc1)C1C[C@H]2CC(c3ccnc4ccc(F)cc34)C[C@H]2C1. The van der Waals surface area contributed by atoms with Gasteiger partial charge in [0.2, 0.25) is 5.91 Å². The summed E-state index contributed by atoms with van der Waals surface area (Å²) in [6.07, 6.45) is 5.05. The molecule has 2 amide bonds. The third-order valence-electron chi connectivity index (χ3n) is 8.21. The lowest BCUT2D eigenvalue weighted by molar-refractivity contribution is -0.123. The fourth-order valence-corrected chi connectivity index (χ4v) is 6.57. The number of ether oxygens (including phenoxy) is 1. The van der Waals surface area contributed by atoms with E-state index in [0.29, 0.717) is 28.5 Å². The Morgan fingerprint density at radius 1 is 1.03 bits per heavy atom. The summed E-state index contributed by atoms with van der Waals surface area (Å²) in [7, 11) is 0. The van der Waals surface area contributed by atoms with Crippen molar-refractivity contribution >= 4 is 40.2 Å². The predicted octanol–water partition coefficient (Wildman–Crippen LogP) is 8.15. The topological polar surface area (TPSA) is 59.5 Å². The smallest absolute Gasteiger partial charge is 0.421 e. The number of fused-ring (bicyclic) bond motifs is 2. The summed E-state index contributed by atoms with van der Waals surface area (Å²) in [5.74, 6) is 0.716. The predicted molar refractivity (Wildman–Crippen MR) is 148 cm³/mol. The van der Waals surface area contributed by atoms with Crippen molar-refractivity contribution < 1.29 is 18.7 Å². The maximum absolute atomic E-state index is 14.0. The molecule has 38 heavy (non-hydrogen) atoms. The number of imide groups is 1. The lowest BCUT2D eigenvalue weighted by atomic mass is 9.85. The number of carbonyl (C=O) groups excluding carboxylic acids is 2. The Morgan fingerprint density at radius 2 is 1.68 bits per heavy atom. The minimum Gasteiger partial charge on any atom is -0.443 e. The normalized spacial score (nSPS) is 23.7. The second-order valence-corrected chi connectivity index (χ2v) is 12.3. The highest BCUT2D eigenvalue weighted by Gasteiger charge is 2.46. The zero-order chi connectivity index (χ0) is 27.2. The summed E-state index contributed by atoms with van der Waals surface area (Å²) in [4.78, 5) is 32.5. The van der Waals surface area contributed by atoms with Crippen LogP contribution in [0.5, 0.6) is 0 Å². The van der Waals surface area contributed by atoms with Gasteiger partial charge in [0.1, 0.15) is 11.4 Å². The Kier molecular flexibility index (Phi) is 7.21. The number of hydrogen-bond acceptors (Lipinski definition) is 4. The molecule has 3 unspecified atom stereocenters. The van der Waals surface area contributed by atoms with Crippen LogP contribution in [0.25, 0.3) is 10.9 Å². The van der Waals surface area contributed by atoms with Gasteiger partial charge in [-0.3, -0.25) is 9.78 Å². The lowest BCUT2D eigenvalue weighted by Gasteiger charge is -2.30. The molecule has 200 valence electrons. The minimum absolute atomic E-state index is 0.183. The van der Waals surface area contributed by atoms with Gasteiger partial charge in [0.05, 0.1) is 11.2 Å². The van der Waals surface area contributed by atoms with E-state index in [1.165, 1.54) is 16.5 Å². The molecule has 2 aromatic carbocycles. The first-order chi connectivity index (χ1) is 18.0. The van der Waals surface area contributed by atoms with Crippen molar-refractivity contribution in [2.45, 2.75) is 64.9 Å². The van der Waals surface area contributed by atoms with Crippen LogP contribution in [-0.4, -0.2) is 22.6 Å². The number of anilines is 1. The van der Waals surface area contributed by atoms with Gasteiger partial charge < -0.3 is 4.74 Å². The van der Waals surface area contributed by atoms with Crippen LogP contribution in [0.2, 0.25) is 5.02 Å². The molecule has 0 radical (unpaired) electrons. The Labute approximate surface area is 228 Å². The number of rotatable bonds is 4. The number of benzene rings is 2. The molecule has 5 nitrogen and oxygen atoms in total. The molecule has 5 rings (SSSR count). The number of amides is 2. The van der Waals surface area contributed by atoms with E-state index in [0.717, 1.165) is 36.6 Å². The van der Waals surface area contributed by atoms with Gasteiger partial charge >= 0.3 is 6.09 Å². The van der Waals surface area contributed by atoms with Gasteiger partial charge in [0.25, 0.3) is 0 Å². The van der Waals surface area contributed by atoms with Crippen LogP contribution in [0.15, 0.2) is 54.7 Å². The molecule has 1 aromatic heterocycles. The molecular weight excluding hydrogens is 503 g/mol. The quantitative estimate of drug-likeness (QED) is 0.337.